The van der Waals surface area contributed by atoms with Gasteiger partial charge in [0.15, 0.2) is 5.82 Å². The molecule has 2 aromatic rings. The molecule has 32 heavy (non-hydrogen) atoms. The molecule has 0 atom stereocenters. The van der Waals surface area contributed by atoms with Crippen molar-refractivity contribution in [1.29, 1.82) is 5.26 Å². The van der Waals surface area contributed by atoms with E-state index in [9.17, 15) is 9.18 Å². The molecule has 0 radical (unpaired) electrons. The fraction of sp³-hybridized carbons (Fsp3) is 0.455. The second kappa shape index (κ2) is 10.7. The molecule has 1 N–H and O–H groups in total. The fourth-order valence-corrected chi connectivity index (χ4v) is 3.62. The third-order valence-electron chi connectivity index (χ3n) is 5.16. The minimum absolute atomic E-state index is 0.0522. The van der Waals surface area contributed by atoms with E-state index in [0.29, 0.717) is 24.2 Å². The Morgan fingerprint density at radius 3 is 2.72 bits per heavy atom. The first-order valence-electron chi connectivity index (χ1n) is 10.5. The lowest BCUT2D eigenvalue weighted by Gasteiger charge is -2.32. The number of aromatic nitrogens is 2. The number of amides is 1. The highest BCUT2D eigenvalue weighted by atomic mass is 35.5. The third-order valence-corrected chi connectivity index (χ3v) is 5.43. The van der Waals surface area contributed by atoms with Gasteiger partial charge in [-0.1, -0.05) is 25.4 Å². The Hall–Kier alpha value is -2.80. The van der Waals surface area contributed by atoms with Crippen LogP contribution in [0.1, 0.15) is 35.6 Å². The van der Waals surface area contributed by atoms with E-state index in [1.54, 1.807) is 6.07 Å². The second-order valence-electron chi connectivity index (χ2n) is 8.31. The summed E-state index contributed by atoms with van der Waals surface area (Å²) in [5, 5.41) is 10.8. The molecular weight excluding hydrogens is 433 g/mol. The van der Waals surface area contributed by atoms with Gasteiger partial charge in [-0.15, -0.1) is 0 Å². The minimum atomic E-state index is -0.418. The predicted molar refractivity (Wildman–Crippen MR) is 121 cm³/mol. The van der Waals surface area contributed by atoms with Crippen molar-refractivity contribution in [3.05, 3.63) is 52.2 Å². The van der Waals surface area contributed by atoms with E-state index in [-0.39, 0.29) is 28.4 Å². The van der Waals surface area contributed by atoms with Crippen molar-refractivity contribution in [1.82, 2.24) is 25.2 Å². The summed E-state index contributed by atoms with van der Waals surface area (Å²) in [6.45, 7) is 8.36. The molecule has 1 aliphatic heterocycles. The van der Waals surface area contributed by atoms with Crippen LogP contribution in [0.2, 0.25) is 5.02 Å². The van der Waals surface area contributed by atoms with Crippen molar-refractivity contribution in [2.75, 3.05) is 44.8 Å². The first-order valence-corrected chi connectivity index (χ1v) is 10.8. The molecule has 0 aliphatic carbocycles. The van der Waals surface area contributed by atoms with E-state index < -0.39 is 5.91 Å². The van der Waals surface area contributed by atoms with Crippen molar-refractivity contribution in [3.63, 3.8) is 0 Å². The van der Waals surface area contributed by atoms with Gasteiger partial charge in [0.25, 0.3) is 5.91 Å². The summed E-state index contributed by atoms with van der Waals surface area (Å²) in [6, 6.07) is 6.23. The Morgan fingerprint density at radius 1 is 1.34 bits per heavy atom. The Bertz CT molecular complexity index is 1000. The van der Waals surface area contributed by atoms with Crippen LogP contribution in [0.4, 0.5) is 10.2 Å². The maximum Gasteiger partial charge on any atom is 0.269 e. The van der Waals surface area contributed by atoms with Crippen molar-refractivity contribution in [3.8, 4) is 6.07 Å². The largest absolute Gasteiger partial charge is 0.304 e. The highest BCUT2D eigenvalue weighted by Gasteiger charge is 2.21. The molecule has 170 valence electrons. The van der Waals surface area contributed by atoms with Gasteiger partial charge in [0.2, 0.25) is 5.82 Å². The van der Waals surface area contributed by atoms with Crippen LogP contribution in [0.25, 0.3) is 0 Å². The SMILES string of the molecule is CC(C)CN(NC(=O)c1ccc(F)c(CN2CCN(C)CC2)c1)c1nc(C#N)ncc1Cl. The van der Waals surface area contributed by atoms with Gasteiger partial charge >= 0.3 is 0 Å². The molecule has 0 spiro atoms. The summed E-state index contributed by atoms with van der Waals surface area (Å²) in [4.78, 5) is 25.4. The van der Waals surface area contributed by atoms with E-state index in [0.717, 1.165) is 26.2 Å². The second-order valence-corrected chi connectivity index (χ2v) is 8.72. The number of halogens is 2. The molecule has 1 fully saturated rings. The van der Waals surface area contributed by atoms with Gasteiger partial charge in [-0.05, 0) is 31.2 Å². The number of anilines is 1. The first kappa shape index (κ1) is 23.9. The highest BCUT2D eigenvalue weighted by Crippen LogP contribution is 2.22. The Morgan fingerprint density at radius 2 is 2.06 bits per heavy atom. The number of carbonyl (C=O) groups excluding carboxylic acids is 1. The van der Waals surface area contributed by atoms with Crippen LogP contribution in [0.15, 0.2) is 24.4 Å². The maximum absolute atomic E-state index is 14.5. The standard InChI is InChI=1S/C22H27ClFN7O/c1-15(2)13-31(21-18(23)12-26-20(11-25)27-21)28-22(32)16-4-5-19(24)17(10-16)14-30-8-6-29(3)7-9-30/h4-5,10,12,15H,6-9,13-14H2,1-3H3,(H,28,32). The molecule has 8 nitrogen and oxygen atoms in total. The van der Waals surface area contributed by atoms with Gasteiger partial charge < -0.3 is 4.90 Å². The molecule has 1 amide bonds. The number of nitrogens with one attached hydrogen (secondary N) is 1. The molecule has 1 aliphatic rings. The Kier molecular flexibility index (Phi) is 7.96. The monoisotopic (exact) mass is 459 g/mol. The fourth-order valence-electron chi connectivity index (χ4n) is 3.42. The molecular formula is C22H27ClFN7O. The van der Waals surface area contributed by atoms with Gasteiger partial charge in [-0.3, -0.25) is 20.1 Å². The summed E-state index contributed by atoms with van der Waals surface area (Å²) in [5.41, 5.74) is 3.60. The van der Waals surface area contributed by atoms with Crippen LogP contribution < -0.4 is 10.4 Å². The zero-order valence-electron chi connectivity index (χ0n) is 18.5. The normalized spacial score (nSPS) is 14.9. The third kappa shape index (κ3) is 6.13. The molecule has 1 aromatic carbocycles. The summed E-state index contributed by atoms with van der Waals surface area (Å²) in [5.74, 6) is -0.410. The first-order chi connectivity index (χ1) is 15.3. The summed E-state index contributed by atoms with van der Waals surface area (Å²) in [7, 11) is 2.06. The number of nitriles is 1. The molecule has 2 heterocycles. The highest BCUT2D eigenvalue weighted by molar-refractivity contribution is 6.32. The number of carbonyl (C=O) groups is 1. The van der Waals surface area contributed by atoms with Gasteiger partial charge in [-0.2, -0.15) is 10.2 Å². The minimum Gasteiger partial charge on any atom is -0.304 e. The summed E-state index contributed by atoms with van der Waals surface area (Å²) in [6.07, 6.45) is 1.33. The van der Waals surface area contributed by atoms with Gasteiger partial charge in [0.1, 0.15) is 16.9 Å². The molecule has 1 saturated heterocycles. The topological polar surface area (TPSA) is 88.4 Å². The zero-order chi connectivity index (χ0) is 23.3. The number of rotatable bonds is 7. The number of hydrogen-bond donors (Lipinski definition) is 1. The summed E-state index contributed by atoms with van der Waals surface area (Å²) >= 11 is 6.24. The van der Waals surface area contributed by atoms with Crippen molar-refractivity contribution in [2.24, 2.45) is 5.92 Å². The van der Waals surface area contributed by atoms with Crippen LogP contribution in [-0.4, -0.2) is 65.4 Å². The Balaban J connectivity index is 1.80. The predicted octanol–water partition coefficient (Wildman–Crippen LogP) is 2.70. The average molecular weight is 460 g/mol. The molecule has 0 bridgehead atoms. The number of nitrogens with zero attached hydrogens (tertiary/aromatic N) is 6. The van der Waals surface area contributed by atoms with Crippen LogP contribution in [0.3, 0.4) is 0 Å². The van der Waals surface area contributed by atoms with Crippen molar-refractivity contribution in [2.45, 2.75) is 20.4 Å². The van der Waals surface area contributed by atoms with Crippen LogP contribution in [-0.2, 0) is 6.54 Å². The van der Waals surface area contributed by atoms with E-state index in [1.165, 1.54) is 23.3 Å². The maximum atomic E-state index is 14.5. The quantitative estimate of drug-likeness (QED) is 0.637. The molecule has 0 unspecified atom stereocenters. The number of piperazine rings is 1. The Labute approximate surface area is 192 Å². The number of benzene rings is 1. The van der Waals surface area contributed by atoms with E-state index in [2.05, 4.69) is 32.2 Å². The summed E-state index contributed by atoms with van der Waals surface area (Å²) < 4.78 is 14.5. The molecule has 10 heteroatoms. The lowest BCUT2D eigenvalue weighted by molar-refractivity contribution is 0.0947. The van der Waals surface area contributed by atoms with Crippen LogP contribution in [0.5, 0.6) is 0 Å². The molecule has 1 aromatic heterocycles. The van der Waals surface area contributed by atoms with Gasteiger partial charge in [-0.25, -0.2) is 9.37 Å². The number of hydrogen-bond acceptors (Lipinski definition) is 7. The van der Waals surface area contributed by atoms with E-state index in [1.807, 2.05) is 19.9 Å². The van der Waals surface area contributed by atoms with Crippen molar-refractivity contribution < 1.29 is 9.18 Å². The number of hydrazine groups is 1. The van der Waals surface area contributed by atoms with E-state index >= 15 is 0 Å². The molecule has 0 saturated carbocycles. The van der Waals surface area contributed by atoms with Gasteiger partial charge in [0.05, 0.1) is 6.20 Å². The lowest BCUT2D eigenvalue weighted by Crippen LogP contribution is -2.45. The average Bonchev–Trinajstić information content (AvgIpc) is 2.76. The molecule has 3 rings (SSSR count). The van der Waals surface area contributed by atoms with Crippen molar-refractivity contribution >= 4 is 23.3 Å². The zero-order valence-corrected chi connectivity index (χ0v) is 19.2. The number of likely N-dealkylation sites (N-methyl/N-ethyl adjacent to an activating group) is 1. The smallest absolute Gasteiger partial charge is 0.269 e. The van der Waals surface area contributed by atoms with Gasteiger partial charge in [0, 0.05) is 50.4 Å². The lowest BCUT2D eigenvalue weighted by atomic mass is 10.1. The van der Waals surface area contributed by atoms with E-state index in [4.69, 9.17) is 16.9 Å². The van der Waals surface area contributed by atoms with Crippen LogP contribution >= 0.6 is 11.6 Å². The van der Waals surface area contributed by atoms with Crippen LogP contribution in [0, 0.1) is 23.1 Å².